The van der Waals surface area contributed by atoms with E-state index in [0.717, 1.165) is 13.8 Å². The number of carboxylic acid groups (broad SMARTS) is 1. The van der Waals surface area contributed by atoms with Crippen molar-refractivity contribution in [2.24, 2.45) is 5.41 Å². The number of nitrogens with zero attached hydrogens (tertiary/aromatic N) is 1. The molecule has 3 N–H and O–H groups in total. The summed E-state index contributed by atoms with van der Waals surface area (Å²) < 4.78 is 43.3. The second kappa shape index (κ2) is 19.8. The van der Waals surface area contributed by atoms with Crippen LogP contribution in [0.2, 0.25) is 0 Å². The van der Waals surface area contributed by atoms with E-state index in [1.807, 2.05) is 0 Å². The topological polar surface area (TPSA) is 249 Å². The van der Waals surface area contributed by atoms with Crippen molar-refractivity contribution in [2.45, 2.75) is 71.2 Å². The molecule has 2 aliphatic heterocycles. The van der Waals surface area contributed by atoms with Gasteiger partial charge in [0.05, 0.1) is 51.3 Å². The van der Waals surface area contributed by atoms with Gasteiger partial charge in [-0.1, -0.05) is 0 Å². The number of amides is 2. The molecular formula is C29H44N2O17. The summed E-state index contributed by atoms with van der Waals surface area (Å²) in [5.41, 5.74) is -0.821. The van der Waals surface area contributed by atoms with Gasteiger partial charge in [0.2, 0.25) is 11.8 Å². The Kier molecular flexibility index (Phi) is 16.6. The zero-order valence-electron chi connectivity index (χ0n) is 27.3. The minimum atomic E-state index is -1.26. The summed E-state index contributed by atoms with van der Waals surface area (Å²) >= 11 is 0. The van der Waals surface area contributed by atoms with E-state index in [1.54, 1.807) is 0 Å². The molecule has 2 heterocycles. The molecule has 2 fully saturated rings. The van der Waals surface area contributed by atoms with Crippen LogP contribution in [0.1, 0.15) is 40.5 Å². The first-order chi connectivity index (χ1) is 22.7. The molecule has 19 nitrogen and oxygen atoms in total. The van der Waals surface area contributed by atoms with Crippen molar-refractivity contribution in [3.8, 4) is 0 Å². The van der Waals surface area contributed by atoms with Crippen molar-refractivity contribution < 1.29 is 81.7 Å². The zero-order valence-corrected chi connectivity index (χ0v) is 27.3. The molecule has 2 aliphatic rings. The van der Waals surface area contributed by atoms with Gasteiger partial charge in [0, 0.05) is 40.8 Å². The van der Waals surface area contributed by atoms with E-state index in [4.69, 9.17) is 43.0 Å². The number of nitrogens with one attached hydrogen (secondary N) is 1. The van der Waals surface area contributed by atoms with Crippen LogP contribution in [-0.4, -0.2) is 153 Å². The van der Waals surface area contributed by atoms with Crippen molar-refractivity contribution in [1.82, 2.24) is 10.2 Å². The van der Waals surface area contributed by atoms with Gasteiger partial charge in [-0.05, 0) is 0 Å². The summed E-state index contributed by atoms with van der Waals surface area (Å²) in [6.45, 7) is 3.85. The fourth-order valence-corrected chi connectivity index (χ4v) is 4.82. The molecule has 19 heteroatoms. The van der Waals surface area contributed by atoms with E-state index in [0.29, 0.717) is 0 Å². The van der Waals surface area contributed by atoms with Crippen LogP contribution in [0, 0.1) is 5.41 Å². The molecule has 2 amide bonds. The van der Waals surface area contributed by atoms with Crippen LogP contribution in [-0.2, 0) is 71.5 Å². The second-order valence-electron chi connectivity index (χ2n) is 11.2. The fraction of sp³-hybridized carbons (Fsp3) is 0.759. The number of rotatable bonds is 20. The van der Waals surface area contributed by atoms with Gasteiger partial charge in [0.1, 0.15) is 32.0 Å². The summed E-state index contributed by atoms with van der Waals surface area (Å²) in [6, 6.07) is -1.12. The second-order valence-corrected chi connectivity index (χ2v) is 11.2. The Morgan fingerprint density at radius 1 is 0.833 bits per heavy atom. The zero-order chi connectivity index (χ0) is 35.9. The van der Waals surface area contributed by atoms with Crippen molar-refractivity contribution >= 4 is 41.7 Å². The number of hydrogen-bond acceptors (Lipinski definition) is 16. The largest absolute Gasteiger partial charge is 0.481 e. The molecule has 5 unspecified atom stereocenters. The monoisotopic (exact) mass is 692 g/mol. The lowest BCUT2D eigenvalue weighted by molar-refractivity contribution is -0.279. The lowest BCUT2D eigenvalue weighted by Crippen LogP contribution is -2.66. The molecule has 0 saturated carbocycles. The number of aliphatic hydroxyl groups is 1. The highest BCUT2D eigenvalue weighted by Gasteiger charge is 2.51. The highest BCUT2D eigenvalue weighted by atomic mass is 16.7. The number of hydrogen-bond donors (Lipinski definition) is 3. The van der Waals surface area contributed by atoms with Gasteiger partial charge in [0.15, 0.2) is 18.5 Å². The number of aliphatic hydroxyl groups excluding tert-OH is 1. The normalized spacial score (nSPS) is 22.9. The quantitative estimate of drug-likeness (QED) is 0.0703. The predicted molar refractivity (Wildman–Crippen MR) is 156 cm³/mol. The minimum Gasteiger partial charge on any atom is -0.481 e. The maximum absolute atomic E-state index is 12.4. The van der Waals surface area contributed by atoms with Crippen LogP contribution >= 0.6 is 0 Å². The van der Waals surface area contributed by atoms with E-state index in [2.05, 4.69) is 5.32 Å². The van der Waals surface area contributed by atoms with Crippen LogP contribution in [0.5, 0.6) is 0 Å². The first kappa shape index (κ1) is 40.3. The van der Waals surface area contributed by atoms with E-state index >= 15 is 0 Å². The summed E-state index contributed by atoms with van der Waals surface area (Å²) in [7, 11) is 0. The van der Waals surface area contributed by atoms with Gasteiger partial charge in [0.25, 0.3) is 0 Å². The highest BCUT2D eigenvalue weighted by Crippen LogP contribution is 2.31. The van der Waals surface area contributed by atoms with Crippen LogP contribution in [0.3, 0.4) is 0 Å². The Morgan fingerprint density at radius 2 is 1.46 bits per heavy atom. The maximum Gasteiger partial charge on any atom is 0.306 e. The molecule has 5 atom stereocenters. The van der Waals surface area contributed by atoms with Crippen LogP contribution < -0.4 is 5.32 Å². The van der Waals surface area contributed by atoms with Crippen LogP contribution in [0.15, 0.2) is 0 Å². The lowest BCUT2D eigenvalue weighted by Gasteiger charge is -2.48. The van der Waals surface area contributed by atoms with Crippen molar-refractivity contribution in [1.29, 1.82) is 0 Å². The molecule has 2 rings (SSSR count). The number of likely N-dealkylation sites (tertiary alicyclic amines) is 1. The first-order valence-electron chi connectivity index (χ1n) is 15.1. The van der Waals surface area contributed by atoms with E-state index < -0.39 is 71.8 Å². The van der Waals surface area contributed by atoms with Gasteiger partial charge in [-0.2, -0.15) is 0 Å². The summed E-state index contributed by atoms with van der Waals surface area (Å²) in [5, 5.41) is 20.9. The SMILES string of the molecule is CC(=O)NC1C(OCCOCCOCC(=O)N2CC(CO)(COC(=O)CCC(=O)O)C2)OC(COC(C)=O)C(OC(C)=O)C1OC(C)=O. The maximum atomic E-state index is 12.4. The molecule has 0 aliphatic carbocycles. The van der Waals surface area contributed by atoms with E-state index in [1.165, 1.54) is 18.7 Å². The summed E-state index contributed by atoms with van der Waals surface area (Å²) in [6.07, 6.45) is -5.51. The van der Waals surface area contributed by atoms with Crippen LogP contribution in [0.25, 0.3) is 0 Å². The number of carbonyl (C=O) groups is 7. The Morgan fingerprint density at radius 3 is 2.04 bits per heavy atom. The lowest BCUT2D eigenvalue weighted by atomic mass is 9.81. The number of carboxylic acids is 1. The molecular weight excluding hydrogens is 648 g/mol. The average molecular weight is 693 g/mol. The third kappa shape index (κ3) is 13.7. The smallest absolute Gasteiger partial charge is 0.306 e. The third-order valence-corrected chi connectivity index (χ3v) is 7.00. The number of ether oxygens (including phenoxy) is 8. The van der Waals surface area contributed by atoms with Gasteiger partial charge in [-0.25, -0.2) is 0 Å². The molecule has 0 spiro atoms. The van der Waals surface area contributed by atoms with Gasteiger partial charge in [-0.15, -0.1) is 0 Å². The molecule has 0 bridgehead atoms. The Labute approximate surface area is 276 Å². The molecule has 272 valence electrons. The molecule has 2 saturated heterocycles. The molecule has 0 aromatic rings. The van der Waals surface area contributed by atoms with Gasteiger partial charge < -0.3 is 58.3 Å². The average Bonchev–Trinajstić information content (AvgIpc) is 2.97. The van der Waals surface area contributed by atoms with Crippen molar-refractivity contribution in [3.05, 3.63) is 0 Å². The molecule has 0 radical (unpaired) electrons. The number of aliphatic carboxylic acids is 1. The fourth-order valence-electron chi connectivity index (χ4n) is 4.82. The first-order valence-corrected chi connectivity index (χ1v) is 15.1. The standard InChI is InChI=1S/C29H44N2O17/c1-17(33)30-25-27(47-20(4)36)26(46-19(3)35)21(11-44-18(2)34)48-28(25)43-10-9-41-7-8-42-12-22(37)31-13-29(14-31,15-32)16-45-24(40)6-5-23(38)39/h21,25-28,32H,5-16H2,1-4H3,(H,30,33)(H,38,39). The molecule has 48 heavy (non-hydrogen) atoms. The third-order valence-electron chi connectivity index (χ3n) is 7.00. The van der Waals surface area contributed by atoms with Crippen molar-refractivity contribution in [2.75, 3.05) is 65.9 Å². The summed E-state index contributed by atoms with van der Waals surface area (Å²) in [5.74, 6) is -4.81. The Balaban J connectivity index is 1.79. The number of carbonyl (C=O) groups excluding carboxylic acids is 6. The highest BCUT2D eigenvalue weighted by molar-refractivity contribution is 5.79. The minimum absolute atomic E-state index is 0.0144. The van der Waals surface area contributed by atoms with E-state index in [9.17, 15) is 38.7 Å². The summed E-state index contributed by atoms with van der Waals surface area (Å²) in [4.78, 5) is 83.3. The van der Waals surface area contributed by atoms with E-state index in [-0.39, 0.29) is 84.7 Å². The molecule has 0 aromatic heterocycles. The van der Waals surface area contributed by atoms with Crippen molar-refractivity contribution in [3.63, 3.8) is 0 Å². The molecule has 0 aromatic carbocycles. The van der Waals surface area contributed by atoms with Crippen LogP contribution in [0.4, 0.5) is 0 Å². The Bertz CT molecular complexity index is 1140. The van der Waals surface area contributed by atoms with Gasteiger partial charge in [-0.3, -0.25) is 33.6 Å². The Hall–Kier alpha value is -3.91. The predicted octanol–water partition coefficient (Wildman–Crippen LogP) is -2.08. The van der Waals surface area contributed by atoms with Gasteiger partial charge >= 0.3 is 29.8 Å². The number of esters is 4.